The van der Waals surface area contributed by atoms with E-state index in [1.807, 2.05) is 0 Å². The highest BCUT2D eigenvalue weighted by atomic mass is 19.2. The van der Waals surface area contributed by atoms with Crippen LogP contribution in [0.4, 0.5) is 25.8 Å². The summed E-state index contributed by atoms with van der Waals surface area (Å²) < 4.78 is 26.4. The molecule has 2 aromatic carbocycles. The second-order valence-electron chi connectivity index (χ2n) is 3.83. The molecule has 6 heteroatoms. The quantitative estimate of drug-likeness (QED) is 0.745. The van der Waals surface area contributed by atoms with Crippen molar-refractivity contribution < 1.29 is 18.7 Å². The molecule has 2 aromatic rings. The molecule has 19 heavy (non-hydrogen) atoms. The summed E-state index contributed by atoms with van der Waals surface area (Å²) in [4.78, 5) is 10.8. The lowest BCUT2D eigenvalue weighted by Gasteiger charge is -2.09. The number of halogens is 2. The van der Waals surface area contributed by atoms with Gasteiger partial charge in [0.1, 0.15) is 0 Å². The Balaban J connectivity index is 2.32. The van der Waals surface area contributed by atoms with E-state index in [0.29, 0.717) is 5.69 Å². The molecule has 0 aliphatic carbocycles. The van der Waals surface area contributed by atoms with Gasteiger partial charge >= 0.3 is 5.97 Å². The minimum absolute atomic E-state index is 0.0364. The first-order valence-electron chi connectivity index (χ1n) is 5.33. The topological polar surface area (TPSA) is 75.3 Å². The van der Waals surface area contributed by atoms with Crippen LogP contribution in [-0.2, 0) is 0 Å². The smallest absolute Gasteiger partial charge is 0.337 e. The van der Waals surface area contributed by atoms with Gasteiger partial charge in [-0.3, -0.25) is 0 Å². The summed E-state index contributed by atoms with van der Waals surface area (Å²) in [6, 6.07) is 7.77. The first-order chi connectivity index (χ1) is 8.99. The van der Waals surface area contributed by atoms with E-state index >= 15 is 0 Å². The van der Waals surface area contributed by atoms with Gasteiger partial charge in [-0.1, -0.05) is 6.07 Å². The number of carboxylic acids is 1. The van der Waals surface area contributed by atoms with Crippen LogP contribution in [0.5, 0.6) is 0 Å². The molecular weight excluding hydrogens is 254 g/mol. The lowest BCUT2D eigenvalue weighted by Crippen LogP contribution is -2.03. The Morgan fingerprint density at radius 1 is 1.21 bits per heavy atom. The van der Waals surface area contributed by atoms with Crippen LogP contribution in [0.3, 0.4) is 0 Å². The third-order valence-corrected chi connectivity index (χ3v) is 2.51. The van der Waals surface area contributed by atoms with Gasteiger partial charge in [0.25, 0.3) is 0 Å². The fraction of sp³-hybridized carbons (Fsp3) is 0. The zero-order chi connectivity index (χ0) is 14.0. The summed E-state index contributed by atoms with van der Waals surface area (Å²) in [6.45, 7) is 0. The van der Waals surface area contributed by atoms with Crippen molar-refractivity contribution in [3.63, 3.8) is 0 Å². The Labute approximate surface area is 107 Å². The molecule has 4 nitrogen and oxygen atoms in total. The van der Waals surface area contributed by atoms with E-state index in [-0.39, 0.29) is 16.9 Å². The number of benzene rings is 2. The molecule has 0 heterocycles. The molecule has 0 saturated carbocycles. The van der Waals surface area contributed by atoms with Gasteiger partial charge in [-0.25, -0.2) is 13.6 Å². The SMILES string of the molecule is Nc1cc(Nc2cccc(F)c2F)ccc1C(=O)O. The molecule has 0 aromatic heterocycles. The fourth-order valence-electron chi connectivity index (χ4n) is 1.59. The van der Waals surface area contributed by atoms with Gasteiger partial charge in [0.15, 0.2) is 11.6 Å². The minimum atomic E-state index is -1.15. The van der Waals surface area contributed by atoms with E-state index < -0.39 is 17.6 Å². The second-order valence-corrected chi connectivity index (χ2v) is 3.83. The summed E-state index contributed by atoms with van der Waals surface area (Å²) in [7, 11) is 0. The molecule has 0 unspecified atom stereocenters. The predicted molar refractivity (Wildman–Crippen MR) is 67.5 cm³/mol. The third-order valence-electron chi connectivity index (χ3n) is 2.51. The molecule has 98 valence electrons. The summed E-state index contributed by atoms with van der Waals surface area (Å²) in [5, 5.41) is 11.4. The van der Waals surface area contributed by atoms with Crippen LogP contribution in [0, 0.1) is 11.6 Å². The van der Waals surface area contributed by atoms with E-state index in [2.05, 4.69) is 5.32 Å². The maximum absolute atomic E-state index is 13.4. The van der Waals surface area contributed by atoms with Gasteiger partial charge in [0, 0.05) is 11.4 Å². The van der Waals surface area contributed by atoms with Crippen molar-refractivity contribution >= 4 is 23.0 Å². The molecule has 0 bridgehead atoms. The normalized spacial score (nSPS) is 10.2. The van der Waals surface area contributed by atoms with Crippen molar-refractivity contribution in [1.82, 2.24) is 0 Å². The average Bonchev–Trinajstić information content (AvgIpc) is 2.34. The average molecular weight is 264 g/mol. The minimum Gasteiger partial charge on any atom is -0.478 e. The van der Waals surface area contributed by atoms with Gasteiger partial charge in [-0.15, -0.1) is 0 Å². The lowest BCUT2D eigenvalue weighted by atomic mass is 10.1. The van der Waals surface area contributed by atoms with Crippen LogP contribution >= 0.6 is 0 Å². The van der Waals surface area contributed by atoms with Crippen molar-refractivity contribution in [2.75, 3.05) is 11.1 Å². The van der Waals surface area contributed by atoms with Crippen molar-refractivity contribution in [3.05, 3.63) is 53.6 Å². The number of aromatic carboxylic acids is 1. The molecule has 0 atom stereocenters. The highest BCUT2D eigenvalue weighted by Gasteiger charge is 2.10. The molecule has 0 radical (unpaired) electrons. The number of nitrogens with two attached hydrogens (primary N) is 1. The summed E-state index contributed by atoms with van der Waals surface area (Å²) in [6.07, 6.45) is 0. The van der Waals surface area contributed by atoms with Gasteiger partial charge in [0.05, 0.1) is 11.3 Å². The number of anilines is 3. The van der Waals surface area contributed by atoms with Gasteiger partial charge in [0.2, 0.25) is 0 Å². The number of carboxylic acid groups (broad SMARTS) is 1. The van der Waals surface area contributed by atoms with Crippen molar-refractivity contribution in [2.45, 2.75) is 0 Å². The van der Waals surface area contributed by atoms with Crippen LogP contribution in [0.25, 0.3) is 0 Å². The Morgan fingerprint density at radius 2 is 1.95 bits per heavy atom. The van der Waals surface area contributed by atoms with Crippen LogP contribution in [-0.4, -0.2) is 11.1 Å². The Bertz CT molecular complexity index is 645. The third kappa shape index (κ3) is 2.62. The fourth-order valence-corrected chi connectivity index (χ4v) is 1.59. The predicted octanol–water partition coefficient (Wildman–Crippen LogP) is 2.99. The molecule has 0 spiro atoms. The van der Waals surface area contributed by atoms with Crippen molar-refractivity contribution in [1.29, 1.82) is 0 Å². The first-order valence-corrected chi connectivity index (χ1v) is 5.33. The standard InChI is InChI=1S/C13H10F2N2O2/c14-9-2-1-3-11(12(9)15)17-7-4-5-8(13(18)19)10(16)6-7/h1-6,17H,16H2,(H,18,19). The number of nitrogen functional groups attached to an aromatic ring is 1. The molecule has 0 aliphatic heterocycles. The summed E-state index contributed by atoms with van der Waals surface area (Å²) >= 11 is 0. The van der Waals surface area contributed by atoms with Crippen LogP contribution in [0.1, 0.15) is 10.4 Å². The summed E-state index contributed by atoms with van der Waals surface area (Å²) in [5.41, 5.74) is 5.86. The van der Waals surface area contributed by atoms with E-state index in [1.54, 1.807) is 0 Å². The van der Waals surface area contributed by atoms with E-state index in [4.69, 9.17) is 10.8 Å². The lowest BCUT2D eigenvalue weighted by molar-refractivity contribution is 0.0698. The van der Waals surface area contributed by atoms with Crippen LogP contribution in [0.15, 0.2) is 36.4 Å². The zero-order valence-electron chi connectivity index (χ0n) is 9.65. The van der Waals surface area contributed by atoms with Crippen LogP contribution < -0.4 is 11.1 Å². The molecular formula is C13H10F2N2O2. The maximum Gasteiger partial charge on any atom is 0.337 e. The van der Waals surface area contributed by atoms with E-state index in [9.17, 15) is 13.6 Å². The molecule has 0 fully saturated rings. The maximum atomic E-state index is 13.4. The highest BCUT2D eigenvalue weighted by molar-refractivity contribution is 5.94. The Hall–Kier alpha value is -2.63. The number of carbonyl (C=O) groups is 1. The Kier molecular flexibility index (Phi) is 3.33. The zero-order valence-corrected chi connectivity index (χ0v) is 9.65. The second kappa shape index (κ2) is 4.93. The first kappa shape index (κ1) is 12.8. The van der Waals surface area contributed by atoms with Gasteiger partial charge in [-0.2, -0.15) is 0 Å². The van der Waals surface area contributed by atoms with Gasteiger partial charge in [-0.05, 0) is 30.3 Å². The number of hydrogen-bond donors (Lipinski definition) is 3. The highest BCUT2D eigenvalue weighted by Crippen LogP contribution is 2.24. The number of rotatable bonds is 3. The van der Waals surface area contributed by atoms with Crippen molar-refractivity contribution in [3.8, 4) is 0 Å². The van der Waals surface area contributed by atoms with Crippen LogP contribution in [0.2, 0.25) is 0 Å². The number of hydrogen-bond acceptors (Lipinski definition) is 3. The molecule has 2 rings (SSSR count). The number of nitrogens with one attached hydrogen (secondary N) is 1. The molecule has 0 amide bonds. The Morgan fingerprint density at radius 3 is 2.58 bits per heavy atom. The molecule has 0 saturated heterocycles. The monoisotopic (exact) mass is 264 g/mol. The largest absolute Gasteiger partial charge is 0.478 e. The van der Waals surface area contributed by atoms with E-state index in [1.165, 1.54) is 30.3 Å². The summed E-state index contributed by atoms with van der Waals surface area (Å²) in [5.74, 6) is -3.13. The van der Waals surface area contributed by atoms with Gasteiger partial charge < -0.3 is 16.2 Å². The molecule has 0 aliphatic rings. The van der Waals surface area contributed by atoms with E-state index in [0.717, 1.165) is 6.07 Å². The molecule has 4 N–H and O–H groups in total. The van der Waals surface area contributed by atoms with Crippen molar-refractivity contribution in [2.24, 2.45) is 0 Å².